The van der Waals surface area contributed by atoms with Gasteiger partial charge in [-0.05, 0) is 39.5 Å². The quantitative estimate of drug-likeness (QED) is 0.348. The number of aromatic nitrogens is 8. The first-order chi connectivity index (χ1) is 17.5. The monoisotopic (exact) mass is 484 g/mol. The number of fused-ring (bicyclic) bond motifs is 1. The molecule has 0 saturated heterocycles. The lowest BCUT2D eigenvalue weighted by Gasteiger charge is -2.12. The topological polar surface area (TPSA) is 127 Å². The molecule has 5 rings (SSSR count). The second kappa shape index (κ2) is 9.73. The van der Waals surface area contributed by atoms with E-state index < -0.39 is 5.69 Å². The highest BCUT2D eigenvalue weighted by molar-refractivity contribution is 5.80. The zero-order valence-corrected chi connectivity index (χ0v) is 20.5. The van der Waals surface area contributed by atoms with E-state index in [2.05, 4.69) is 49.6 Å². The number of aromatic amines is 2. The molecule has 0 aliphatic rings. The Hall–Kier alpha value is -4.34. The van der Waals surface area contributed by atoms with Crippen LogP contribution in [-0.2, 0) is 19.5 Å². The Morgan fingerprint density at radius 1 is 0.972 bits per heavy atom. The number of H-pyrrole nitrogens is 2. The van der Waals surface area contributed by atoms with E-state index in [0.29, 0.717) is 36.5 Å². The number of benzene rings is 2. The Morgan fingerprint density at radius 3 is 2.39 bits per heavy atom. The molecular formula is C26H28N8O2. The lowest BCUT2D eigenvalue weighted by atomic mass is 9.98. The molecule has 0 amide bonds. The van der Waals surface area contributed by atoms with E-state index in [4.69, 9.17) is 0 Å². The fourth-order valence-corrected chi connectivity index (χ4v) is 4.49. The molecular weight excluding hydrogens is 456 g/mol. The van der Waals surface area contributed by atoms with Gasteiger partial charge in [0.25, 0.3) is 5.56 Å². The summed E-state index contributed by atoms with van der Waals surface area (Å²) in [5, 5.41) is 14.3. The van der Waals surface area contributed by atoms with E-state index in [-0.39, 0.29) is 11.5 Å². The SMILES string of the molecule is CCCc1nc2[nH]c(=O)n(CC(C)C)c(=O)c2n1Cc1ccc(-c2ccccc2-c2nnn[nH]2)cc1. The van der Waals surface area contributed by atoms with E-state index >= 15 is 0 Å². The highest BCUT2D eigenvalue weighted by Gasteiger charge is 2.18. The average Bonchev–Trinajstić information content (AvgIpc) is 3.51. The van der Waals surface area contributed by atoms with Crippen LogP contribution in [-0.4, -0.2) is 39.7 Å². The molecule has 0 unspecified atom stereocenters. The third-order valence-electron chi connectivity index (χ3n) is 6.12. The fraction of sp³-hybridized carbons (Fsp3) is 0.308. The van der Waals surface area contributed by atoms with Crippen molar-refractivity contribution in [1.29, 1.82) is 0 Å². The van der Waals surface area contributed by atoms with Crippen LogP contribution in [0.25, 0.3) is 33.7 Å². The maximum absolute atomic E-state index is 13.4. The summed E-state index contributed by atoms with van der Waals surface area (Å²) in [6, 6.07) is 16.1. The zero-order chi connectivity index (χ0) is 25.2. The minimum atomic E-state index is -0.418. The van der Waals surface area contributed by atoms with Crippen LogP contribution in [0.2, 0.25) is 0 Å². The smallest absolute Gasteiger partial charge is 0.318 e. The van der Waals surface area contributed by atoms with E-state index in [1.165, 1.54) is 4.57 Å². The average molecular weight is 485 g/mol. The molecule has 0 aliphatic carbocycles. The Bertz CT molecular complexity index is 1610. The molecule has 184 valence electrons. The van der Waals surface area contributed by atoms with E-state index in [0.717, 1.165) is 34.5 Å². The maximum atomic E-state index is 13.4. The number of nitrogens with one attached hydrogen (secondary N) is 2. The summed E-state index contributed by atoms with van der Waals surface area (Å²) in [7, 11) is 0. The summed E-state index contributed by atoms with van der Waals surface area (Å²) >= 11 is 0. The normalized spacial score (nSPS) is 11.6. The molecule has 0 saturated carbocycles. The van der Waals surface area contributed by atoms with Crippen molar-refractivity contribution in [2.75, 3.05) is 0 Å². The molecule has 10 heteroatoms. The molecule has 2 aromatic carbocycles. The third-order valence-corrected chi connectivity index (χ3v) is 6.12. The van der Waals surface area contributed by atoms with Crippen LogP contribution in [0.4, 0.5) is 0 Å². The Morgan fingerprint density at radius 2 is 1.72 bits per heavy atom. The van der Waals surface area contributed by atoms with Gasteiger partial charge in [-0.2, -0.15) is 0 Å². The molecule has 3 heterocycles. The molecule has 3 aromatic heterocycles. The van der Waals surface area contributed by atoms with Crippen molar-refractivity contribution in [2.24, 2.45) is 5.92 Å². The van der Waals surface area contributed by atoms with Crippen LogP contribution in [0.15, 0.2) is 58.1 Å². The molecule has 0 aliphatic heterocycles. The number of aryl methyl sites for hydroxylation is 1. The predicted molar refractivity (Wildman–Crippen MR) is 138 cm³/mol. The van der Waals surface area contributed by atoms with Crippen LogP contribution in [0.1, 0.15) is 38.6 Å². The van der Waals surface area contributed by atoms with Gasteiger partial charge in [0.2, 0.25) is 0 Å². The zero-order valence-electron chi connectivity index (χ0n) is 20.5. The van der Waals surface area contributed by atoms with E-state index in [1.807, 2.05) is 54.8 Å². The third kappa shape index (κ3) is 4.37. The summed E-state index contributed by atoms with van der Waals surface area (Å²) in [6.45, 7) is 6.86. The number of nitrogens with zero attached hydrogens (tertiary/aromatic N) is 6. The van der Waals surface area contributed by atoms with Crippen LogP contribution in [0.3, 0.4) is 0 Å². The number of rotatable bonds is 8. The van der Waals surface area contributed by atoms with Crippen molar-refractivity contribution < 1.29 is 0 Å². The van der Waals surface area contributed by atoms with E-state index in [1.54, 1.807) is 0 Å². The van der Waals surface area contributed by atoms with Crippen molar-refractivity contribution in [3.05, 3.63) is 80.8 Å². The minimum Gasteiger partial charge on any atom is -0.318 e. The van der Waals surface area contributed by atoms with Gasteiger partial charge in [-0.3, -0.25) is 14.3 Å². The van der Waals surface area contributed by atoms with Crippen molar-refractivity contribution in [2.45, 2.75) is 46.7 Å². The molecule has 36 heavy (non-hydrogen) atoms. The molecule has 2 N–H and O–H groups in total. The Labute approximate surface area is 207 Å². The van der Waals surface area contributed by atoms with Crippen LogP contribution in [0, 0.1) is 5.92 Å². The summed E-state index contributed by atoms with van der Waals surface area (Å²) in [5.41, 5.74) is 4.04. The highest BCUT2D eigenvalue weighted by Crippen LogP contribution is 2.30. The van der Waals surface area contributed by atoms with Crippen molar-refractivity contribution in [3.63, 3.8) is 0 Å². The molecule has 0 fully saturated rings. The molecule has 0 radical (unpaired) electrons. The first-order valence-corrected chi connectivity index (χ1v) is 12.1. The highest BCUT2D eigenvalue weighted by atomic mass is 16.2. The first kappa shape index (κ1) is 23.4. The van der Waals surface area contributed by atoms with Crippen LogP contribution >= 0.6 is 0 Å². The van der Waals surface area contributed by atoms with E-state index in [9.17, 15) is 9.59 Å². The number of hydrogen-bond acceptors (Lipinski definition) is 6. The lowest BCUT2D eigenvalue weighted by molar-refractivity contribution is 0.494. The summed E-state index contributed by atoms with van der Waals surface area (Å²) < 4.78 is 3.22. The first-order valence-electron chi connectivity index (χ1n) is 12.1. The molecule has 0 spiro atoms. The maximum Gasteiger partial charge on any atom is 0.330 e. The van der Waals surface area contributed by atoms with Gasteiger partial charge in [0.1, 0.15) is 5.82 Å². The molecule has 5 aromatic rings. The van der Waals surface area contributed by atoms with Gasteiger partial charge < -0.3 is 4.57 Å². The molecule has 0 atom stereocenters. The Balaban J connectivity index is 1.54. The van der Waals surface area contributed by atoms with Gasteiger partial charge in [-0.25, -0.2) is 14.9 Å². The van der Waals surface area contributed by atoms with Crippen LogP contribution < -0.4 is 11.2 Å². The fourth-order valence-electron chi connectivity index (χ4n) is 4.49. The van der Waals surface area contributed by atoms with Gasteiger partial charge in [-0.1, -0.05) is 69.3 Å². The van der Waals surface area contributed by atoms with Crippen molar-refractivity contribution in [1.82, 2.24) is 39.7 Å². The predicted octanol–water partition coefficient (Wildman–Crippen LogP) is 3.39. The largest absolute Gasteiger partial charge is 0.330 e. The molecule has 0 bridgehead atoms. The number of imidazole rings is 1. The lowest BCUT2D eigenvalue weighted by Crippen LogP contribution is -2.37. The molecule has 10 nitrogen and oxygen atoms in total. The standard InChI is InChI=1S/C26H28N8O2/c1-4-7-21-27-24-22(25(35)34(14-16(2)3)26(36)28-24)33(21)15-17-10-12-18(13-11-17)19-8-5-6-9-20(19)23-29-31-32-30-23/h5-6,8-13,16H,4,7,14-15H2,1-3H3,(H,28,36)(H,29,30,31,32). The van der Waals surface area contributed by atoms with Gasteiger partial charge in [0.05, 0.1) is 0 Å². The van der Waals surface area contributed by atoms with Gasteiger partial charge in [0, 0.05) is 25.1 Å². The van der Waals surface area contributed by atoms with Crippen molar-refractivity contribution >= 4 is 11.2 Å². The number of tetrazole rings is 1. The van der Waals surface area contributed by atoms with Crippen molar-refractivity contribution in [3.8, 4) is 22.5 Å². The second-order valence-electron chi connectivity index (χ2n) is 9.29. The van der Waals surface area contributed by atoms with Gasteiger partial charge in [0.15, 0.2) is 17.0 Å². The summed E-state index contributed by atoms with van der Waals surface area (Å²) in [6.07, 6.45) is 1.58. The summed E-state index contributed by atoms with van der Waals surface area (Å²) in [4.78, 5) is 33.4. The van der Waals surface area contributed by atoms with Gasteiger partial charge in [-0.15, -0.1) is 5.10 Å². The second-order valence-corrected chi connectivity index (χ2v) is 9.29. The number of hydrogen-bond donors (Lipinski definition) is 2. The van der Waals surface area contributed by atoms with Crippen LogP contribution in [0.5, 0.6) is 0 Å². The summed E-state index contributed by atoms with van der Waals surface area (Å²) in [5.74, 6) is 1.56. The Kier molecular flexibility index (Phi) is 6.32. The van der Waals surface area contributed by atoms with Gasteiger partial charge >= 0.3 is 5.69 Å². The minimum absolute atomic E-state index is 0.163.